The van der Waals surface area contributed by atoms with Gasteiger partial charge in [-0.05, 0) is 39.4 Å². The number of nitrogens with zero attached hydrogens (tertiary/aromatic N) is 1. The number of hydrogen-bond acceptors (Lipinski definition) is 3. The third kappa shape index (κ3) is 3.35. The van der Waals surface area contributed by atoms with E-state index in [1.165, 1.54) is 6.42 Å². The zero-order valence-corrected chi connectivity index (χ0v) is 9.96. The molecule has 2 saturated heterocycles. The minimum Gasteiger partial charge on any atom is -0.334 e. The number of amides is 2. The van der Waals surface area contributed by atoms with Gasteiger partial charge in [0.05, 0.1) is 0 Å². The predicted molar refractivity (Wildman–Crippen MR) is 63.5 cm³/mol. The summed E-state index contributed by atoms with van der Waals surface area (Å²) < 4.78 is 0. The first kappa shape index (κ1) is 11.7. The molecule has 0 saturated carbocycles. The molecule has 0 bridgehead atoms. The Morgan fingerprint density at radius 1 is 1.31 bits per heavy atom. The average Bonchev–Trinajstić information content (AvgIpc) is 2.70. The van der Waals surface area contributed by atoms with Crippen molar-refractivity contribution < 1.29 is 4.79 Å². The van der Waals surface area contributed by atoms with E-state index in [1.807, 2.05) is 0 Å². The lowest BCUT2D eigenvalue weighted by molar-refractivity contribution is 0.207. The molecule has 3 N–H and O–H groups in total. The first-order valence-corrected chi connectivity index (χ1v) is 6.20. The molecule has 2 amide bonds. The highest BCUT2D eigenvalue weighted by Gasteiger charge is 2.21. The Bertz CT molecular complexity index is 240. The molecular formula is C11H22N4O. The summed E-state index contributed by atoms with van der Waals surface area (Å²) in [7, 11) is 2.10. The second-order valence-electron chi connectivity index (χ2n) is 4.91. The standard InChI is InChI=1S/C11H22N4O/c1-15-6-2-3-10(8-15)14-11(16)13-9-4-5-12-7-9/h9-10,12H,2-8H2,1H3,(H2,13,14,16). The van der Waals surface area contributed by atoms with Crippen LogP contribution in [0.4, 0.5) is 4.79 Å². The van der Waals surface area contributed by atoms with Crippen LogP contribution in [0.25, 0.3) is 0 Å². The Kier molecular flexibility index (Phi) is 4.01. The van der Waals surface area contributed by atoms with Crippen molar-refractivity contribution >= 4 is 6.03 Å². The third-order valence-electron chi connectivity index (χ3n) is 3.36. The van der Waals surface area contributed by atoms with E-state index in [9.17, 15) is 4.79 Å². The lowest BCUT2D eigenvalue weighted by atomic mass is 10.1. The lowest BCUT2D eigenvalue weighted by Gasteiger charge is -2.30. The fraction of sp³-hybridized carbons (Fsp3) is 0.909. The maximum atomic E-state index is 11.7. The van der Waals surface area contributed by atoms with Crippen molar-refractivity contribution in [3.63, 3.8) is 0 Å². The molecular weight excluding hydrogens is 204 g/mol. The number of rotatable bonds is 2. The number of nitrogens with one attached hydrogen (secondary N) is 3. The first-order chi connectivity index (χ1) is 7.74. The van der Waals surface area contributed by atoms with Crippen molar-refractivity contribution in [2.24, 2.45) is 0 Å². The summed E-state index contributed by atoms with van der Waals surface area (Å²) in [5.41, 5.74) is 0. The summed E-state index contributed by atoms with van der Waals surface area (Å²) in [5.74, 6) is 0. The van der Waals surface area contributed by atoms with E-state index in [1.54, 1.807) is 0 Å². The zero-order chi connectivity index (χ0) is 11.4. The van der Waals surface area contributed by atoms with Gasteiger partial charge in [0.1, 0.15) is 0 Å². The Labute approximate surface area is 96.9 Å². The largest absolute Gasteiger partial charge is 0.334 e. The minimum absolute atomic E-state index is 0.00556. The van der Waals surface area contributed by atoms with Gasteiger partial charge in [-0.2, -0.15) is 0 Å². The Hall–Kier alpha value is -0.810. The van der Waals surface area contributed by atoms with Gasteiger partial charge >= 0.3 is 6.03 Å². The highest BCUT2D eigenvalue weighted by atomic mass is 16.2. The van der Waals surface area contributed by atoms with Crippen LogP contribution in [0.15, 0.2) is 0 Å². The molecule has 0 spiro atoms. The topological polar surface area (TPSA) is 56.4 Å². The summed E-state index contributed by atoms with van der Waals surface area (Å²) in [4.78, 5) is 14.0. The Balaban J connectivity index is 1.69. The number of carbonyl (C=O) groups is 1. The van der Waals surface area contributed by atoms with E-state index >= 15 is 0 Å². The van der Waals surface area contributed by atoms with E-state index in [4.69, 9.17) is 0 Å². The van der Waals surface area contributed by atoms with E-state index < -0.39 is 0 Å². The van der Waals surface area contributed by atoms with E-state index in [-0.39, 0.29) is 6.03 Å². The van der Waals surface area contributed by atoms with Crippen LogP contribution in [-0.2, 0) is 0 Å². The first-order valence-electron chi connectivity index (χ1n) is 6.20. The van der Waals surface area contributed by atoms with Crippen molar-refractivity contribution in [3.05, 3.63) is 0 Å². The van der Waals surface area contributed by atoms with Crippen molar-refractivity contribution in [2.75, 3.05) is 33.2 Å². The molecule has 0 aromatic rings. The fourth-order valence-corrected chi connectivity index (χ4v) is 2.47. The minimum atomic E-state index is -0.00556. The monoisotopic (exact) mass is 226 g/mol. The number of likely N-dealkylation sites (N-methyl/N-ethyl adjacent to an activating group) is 1. The molecule has 2 heterocycles. The summed E-state index contributed by atoms with van der Waals surface area (Å²) in [6, 6.07) is 0.614. The Morgan fingerprint density at radius 3 is 2.81 bits per heavy atom. The van der Waals surface area contributed by atoms with Crippen LogP contribution in [0.1, 0.15) is 19.3 Å². The average molecular weight is 226 g/mol. The van der Waals surface area contributed by atoms with Crippen molar-refractivity contribution in [2.45, 2.75) is 31.3 Å². The van der Waals surface area contributed by atoms with Gasteiger partial charge in [0, 0.05) is 25.2 Å². The second kappa shape index (κ2) is 5.50. The molecule has 2 fully saturated rings. The van der Waals surface area contributed by atoms with E-state index in [0.717, 1.165) is 39.0 Å². The van der Waals surface area contributed by atoms with Crippen molar-refractivity contribution in [3.8, 4) is 0 Å². The van der Waals surface area contributed by atoms with E-state index in [0.29, 0.717) is 12.1 Å². The van der Waals surface area contributed by atoms with Crippen LogP contribution >= 0.6 is 0 Å². The fourth-order valence-electron chi connectivity index (χ4n) is 2.47. The quantitative estimate of drug-likeness (QED) is 0.608. The van der Waals surface area contributed by atoms with Gasteiger partial charge in [-0.1, -0.05) is 0 Å². The van der Waals surface area contributed by atoms with Crippen molar-refractivity contribution in [1.82, 2.24) is 20.9 Å². The van der Waals surface area contributed by atoms with Crippen LogP contribution in [0.2, 0.25) is 0 Å². The molecule has 0 radical (unpaired) electrons. The van der Waals surface area contributed by atoms with Gasteiger partial charge in [0.2, 0.25) is 0 Å². The molecule has 5 heteroatoms. The van der Waals surface area contributed by atoms with Gasteiger partial charge in [-0.25, -0.2) is 4.79 Å². The maximum Gasteiger partial charge on any atom is 0.315 e. The van der Waals surface area contributed by atoms with Gasteiger partial charge < -0.3 is 20.9 Å². The molecule has 2 aliphatic heterocycles. The van der Waals surface area contributed by atoms with Gasteiger partial charge in [0.15, 0.2) is 0 Å². The number of piperidine rings is 1. The Morgan fingerprint density at radius 2 is 2.12 bits per heavy atom. The summed E-state index contributed by atoms with van der Waals surface area (Å²) in [6.45, 7) is 4.03. The molecule has 5 nitrogen and oxygen atoms in total. The van der Waals surface area contributed by atoms with Crippen LogP contribution in [0.3, 0.4) is 0 Å². The highest BCUT2D eigenvalue weighted by molar-refractivity contribution is 5.74. The summed E-state index contributed by atoms with van der Waals surface area (Å²) in [5, 5.41) is 9.30. The van der Waals surface area contributed by atoms with Gasteiger partial charge in [-0.3, -0.25) is 0 Å². The molecule has 2 unspecified atom stereocenters. The van der Waals surface area contributed by atoms with Crippen molar-refractivity contribution in [1.29, 1.82) is 0 Å². The maximum absolute atomic E-state index is 11.7. The number of urea groups is 1. The number of hydrogen-bond donors (Lipinski definition) is 3. The predicted octanol–water partition coefficient (Wildman–Crippen LogP) is -0.258. The SMILES string of the molecule is CN1CCCC(NC(=O)NC2CCNC2)C1. The smallest absolute Gasteiger partial charge is 0.315 e. The lowest BCUT2D eigenvalue weighted by Crippen LogP contribution is -2.51. The van der Waals surface area contributed by atoms with E-state index in [2.05, 4.69) is 27.9 Å². The summed E-state index contributed by atoms with van der Waals surface area (Å²) >= 11 is 0. The molecule has 16 heavy (non-hydrogen) atoms. The molecule has 2 aliphatic rings. The molecule has 0 aromatic carbocycles. The normalized spacial score (nSPS) is 31.3. The molecule has 0 aromatic heterocycles. The second-order valence-corrected chi connectivity index (χ2v) is 4.91. The number of carbonyl (C=O) groups excluding carboxylic acids is 1. The van der Waals surface area contributed by atoms with Gasteiger partial charge in [0.25, 0.3) is 0 Å². The molecule has 0 aliphatic carbocycles. The van der Waals surface area contributed by atoms with Crippen LogP contribution in [0, 0.1) is 0 Å². The highest BCUT2D eigenvalue weighted by Crippen LogP contribution is 2.07. The van der Waals surface area contributed by atoms with Crippen LogP contribution < -0.4 is 16.0 Å². The zero-order valence-electron chi connectivity index (χ0n) is 9.96. The van der Waals surface area contributed by atoms with Crippen LogP contribution in [-0.4, -0.2) is 56.2 Å². The molecule has 2 rings (SSSR count). The van der Waals surface area contributed by atoms with Gasteiger partial charge in [-0.15, -0.1) is 0 Å². The summed E-state index contributed by atoms with van der Waals surface area (Å²) in [6.07, 6.45) is 3.31. The third-order valence-corrected chi connectivity index (χ3v) is 3.36. The number of likely N-dealkylation sites (tertiary alicyclic amines) is 1. The molecule has 2 atom stereocenters. The molecule has 92 valence electrons. The van der Waals surface area contributed by atoms with Crippen LogP contribution in [0.5, 0.6) is 0 Å².